The largest absolute Gasteiger partial charge is 0.497 e. The van der Waals surface area contributed by atoms with Crippen LogP contribution in [0.5, 0.6) is 17.2 Å². The van der Waals surface area contributed by atoms with E-state index in [-0.39, 0.29) is 19.9 Å². The molecular weight excluding hydrogens is 464 g/mol. The highest BCUT2D eigenvalue weighted by Gasteiger charge is 2.21. The maximum Gasteiger partial charge on any atom is 0.352 e. The van der Waals surface area contributed by atoms with Crippen LogP contribution in [0.3, 0.4) is 0 Å². The van der Waals surface area contributed by atoms with Gasteiger partial charge in [-0.05, 0) is 47.5 Å². The lowest BCUT2D eigenvalue weighted by Crippen LogP contribution is -2.46. The van der Waals surface area contributed by atoms with Gasteiger partial charge in [0.25, 0.3) is 11.5 Å². The second-order valence-electron chi connectivity index (χ2n) is 7.99. The van der Waals surface area contributed by atoms with E-state index < -0.39 is 22.9 Å². The van der Waals surface area contributed by atoms with Crippen molar-refractivity contribution < 1.29 is 19.0 Å². The number of rotatable bonds is 7. The number of benzene rings is 3. The lowest BCUT2D eigenvalue weighted by Gasteiger charge is -2.13. The Balaban J connectivity index is 1.50. The summed E-state index contributed by atoms with van der Waals surface area (Å²) < 4.78 is 18.0. The minimum atomic E-state index is -0.793. The number of hydrogen-bond acceptors (Lipinski definition) is 7. The molecule has 2 heterocycles. The Morgan fingerprint density at radius 3 is 2.58 bits per heavy atom. The maximum absolute atomic E-state index is 13.3. The second-order valence-corrected chi connectivity index (χ2v) is 7.99. The van der Waals surface area contributed by atoms with Crippen molar-refractivity contribution in [3.63, 3.8) is 0 Å². The summed E-state index contributed by atoms with van der Waals surface area (Å²) >= 11 is 0. The smallest absolute Gasteiger partial charge is 0.352 e. The zero-order chi connectivity index (χ0) is 25.1. The van der Waals surface area contributed by atoms with Gasteiger partial charge in [0.15, 0.2) is 11.5 Å². The third kappa shape index (κ3) is 4.56. The van der Waals surface area contributed by atoms with Gasteiger partial charge >= 0.3 is 5.69 Å². The highest BCUT2D eigenvalue weighted by molar-refractivity contribution is 5.91. The molecule has 0 fully saturated rings. The van der Waals surface area contributed by atoms with E-state index in [9.17, 15) is 14.4 Å². The Labute approximate surface area is 205 Å². The van der Waals surface area contributed by atoms with Gasteiger partial charge in [-0.1, -0.05) is 36.4 Å². The highest BCUT2D eigenvalue weighted by atomic mass is 16.7. The first-order valence-electron chi connectivity index (χ1n) is 11.1. The molecular formula is C26H22N4O6. The SMILES string of the molecule is COc1cccc(Cn2c(=O)c(C(=O)NCc3ccc4c(c3)OCO4)nn(-c3ccccc3)c2=O)c1. The number of aromatic nitrogens is 3. The van der Waals surface area contributed by atoms with Crippen molar-refractivity contribution in [2.45, 2.75) is 13.1 Å². The van der Waals surface area contributed by atoms with Gasteiger partial charge in [0.05, 0.1) is 19.3 Å². The van der Waals surface area contributed by atoms with Crippen LogP contribution in [0.2, 0.25) is 0 Å². The molecule has 36 heavy (non-hydrogen) atoms. The summed E-state index contributed by atoms with van der Waals surface area (Å²) in [5.41, 5.74) is -0.0277. The van der Waals surface area contributed by atoms with Gasteiger partial charge < -0.3 is 19.5 Å². The van der Waals surface area contributed by atoms with E-state index in [2.05, 4.69) is 10.4 Å². The van der Waals surface area contributed by atoms with E-state index >= 15 is 0 Å². The van der Waals surface area contributed by atoms with E-state index in [0.29, 0.717) is 28.5 Å². The average Bonchev–Trinajstić information content (AvgIpc) is 3.38. The number of fused-ring (bicyclic) bond motifs is 1. The highest BCUT2D eigenvalue weighted by Crippen LogP contribution is 2.32. The molecule has 0 unspecified atom stereocenters. The van der Waals surface area contributed by atoms with Gasteiger partial charge in [-0.15, -0.1) is 0 Å². The molecule has 0 saturated carbocycles. The standard InChI is InChI=1S/C26H22N4O6/c1-34-20-9-5-6-18(12-20)15-29-25(32)23(28-30(26(29)33)19-7-3-2-4-8-19)24(31)27-14-17-10-11-21-22(13-17)36-16-35-21/h2-13H,14-16H2,1H3,(H,27,31). The van der Waals surface area contributed by atoms with Crippen LogP contribution >= 0.6 is 0 Å². The van der Waals surface area contributed by atoms with Crippen LogP contribution < -0.4 is 30.8 Å². The first-order valence-corrected chi connectivity index (χ1v) is 11.1. The third-order valence-corrected chi connectivity index (χ3v) is 5.64. The van der Waals surface area contributed by atoms with Gasteiger partial charge in [0.1, 0.15) is 5.75 Å². The molecule has 182 valence electrons. The lowest BCUT2D eigenvalue weighted by atomic mass is 10.2. The van der Waals surface area contributed by atoms with Crippen molar-refractivity contribution in [2.75, 3.05) is 13.9 Å². The molecule has 1 N–H and O–H groups in total. The van der Waals surface area contributed by atoms with Crippen molar-refractivity contribution in [2.24, 2.45) is 0 Å². The van der Waals surface area contributed by atoms with Crippen LogP contribution in [0.25, 0.3) is 5.69 Å². The number of para-hydroxylation sites is 1. The topological polar surface area (TPSA) is 114 Å². The first-order chi connectivity index (χ1) is 17.5. The molecule has 1 aromatic heterocycles. The van der Waals surface area contributed by atoms with Crippen LogP contribution in [0, 0.1) is 0 Å². The van der Waals surface area contributed by atoms with E-state index in [1.54, 1.807) is 72.8 Å². The number of carbonyl (C=O) groups is 1. The number of ether oxygens (including phenoxy) is 3. The third-order valence-electron chi connectivity index (χ3n) is 5.64. The van der Waals surface area contributed by atoms with Gasteiger partial charge in [-0.3, -0.25) is 14.2 Å². The number of amides is 1. The zero-order valence-corrected chi connectivity index (χ0v) is 19.3. The Hall–Kier alpha value is -4.86. The molecule has 3 aromatic carbocycles. The summed E-state index contributed by atoms with van der Waals surface area (Å²) in [5, 5.41) is 6.85. The van der Waals surface area contributed by atoms with Crippen molar-refractivity contribution in [1.82, 2.24) is 19.7 Å². The lowest BCUT2D eigenvalue weighted by molar-refractivity contribution is 0.0941. The maximum atomic E-state index is 13.3. The molecule has 5 rings (SSSR count). The molecule has 0 bridgehead atoms. The predicted octanol–water partition coefficient (Wildman–Crippen LogP) is 2.11. The zero-order valence-electron chi connectivity index (χ0n) is 19.3. The van der Waals surface area contributed by atoms with Crippen molar-refractivity contribution in [3.05, 3.63) is 110 Å². The molecule has 0 spiro atoms. The summed E-state index contributed by atoms with van der Waals surface area (Å²) in [6, 6.07) is 20.9. The fourth-order valence-corrected chi connectivity index (χ4v) is 3.80. The van der Waals surface area contributed by atoms with E-state index in [0.717, 1.165) is 14.8 Å². The van der Waals surface area contributed by atoms with Crippen LogP contribution in [-0.2, 0) is 13.1 Å². The number of nitrogens with zero attached hydrogens (tertiary/aromatic N) is 3. The summed E-state index contributed by atoms with van der Waals surface area (Å²) in [4.78, 5) is 39.7. The molecule has 10 nitrogen and oxygen atoms in total. The Morgan fingerprint density at radius 2 is 1.78 bits per heavy atom. The van der Waals surface area contributed by atoms with Crippen molar-refractivity contribution in [1.29, 1.82) is 0 Å². The molecule has 0 atom stereocenters. The van der Waals surface area contributed by atoms with Crippen molar-refractivity contribution in [3.8, 4) is 22.9 Å². The monoisotopic (exact) mass is 486 g/mol. The molecule has 1 aliphatic heterocycles. The average molecular weight is 486 g/mol. The van der Waals surface area contributed by atoms with Gasteiger partial charge in [0, 0.05) is 6.54 Å². The molecule has 1 aliphatic rings. The normalized spacial score (nSPS) is 11.8. The molecule has 4 aromatic rings. The second kappa shape index (κ2) is 9.79. The van der Waals surface area contributed by atoms with E-state index in [1.165, 1.54) is 7.11 Å². The molecule has 0 aliphatic carbocycles. The minimum Gasteiger partial charge on any atom is -0.497 e. The summed E-state index contributed by atoms with van der Waals surface area (Å²) in [7, 11) is 1.53. The summed E-state index contributed by atoms with van der Waals surface area (Å²) in [5.74, 6) is 1.08. The Morgan fingerprint density at radius 1 is 0.972 bits per heavy atom. The number of nitrogens with one attached hydrogen (secondary N) is 1. The number of hydrogen-bond donors (Lipinski definition) is 1. The number of carbonyl (C=O) groups excluding carboxylic acids is 1. The fourth-order valence-electron chi connectivity index (χ4n) is 3.80. The van der Waals surface area contributed by atoms with Gasteiger partial charge in [-0.2, -0.15) is 9.78 Å². The Kier molecular flexibility index (Phi) is 6.23. The molecule has 10 heteroatoms. The van der Waals surface area contributed by atoms with Crippen LogP contribution in [0.4, 0.5) is 0 Å². The van der Waals surface area contributed by atoms with Crippen LogP contribution in [0.1, 0.15) is 21.6 Å². The fraction of sp³-hybridized carbons (Fsp3) is 0.154. The number of methoxy groups -OCH3 is 1. The minimum absolute atomic E-state index is 0.0628. The molecule has 1 amide bonds. The van der Waals surface area contributed by atoms with Gasteiger partial charge in [-0.25, -0.2) is 4.79 Å². The van der Waals surface area contributed by atoms with E-state index in [1.807, 2.05) is 0 Å². The van der Waals surface area contributed by atoms with Crippen LogP contribution in [0.15, 0.2) is 82.4 Å². The van der Waals surface area contributed by atoms with E-state index in [4.69, 9.17) is 14.2 Å². The first kappa shape index (κ1) is 22.9. The summed E-state index contributed by atoms with van der Waals surface area (Å²) in [6.45, 7) is 0.201. The molecule has 0 saturated heterocycles. The predicted molar refractivity (Wildman–Crippen MR) is 130 cm³/mol. The van der Waals surface area contributed by atoms with Crippen molar-refractivity contribution >= 4 is 5.91 Å². The van der Waals surface area contributed by atoms with Crippen LogP contribution in [-0.4, -0.2) is 34.2 Å². The van der Waals surface area contributed by atoms with Gasteiger partial charge in [0.2, 0.25) is 12.5 Å². The quantitative estimate of drug-likeness (QED) is 0.426. The Bertz CT molecular complexity index is 1540. The summed E-state index contributed by atoms with van der Waals surface area (Å²) in [6.07, 6.45) is 0. The molecule has 0 radical (unpaired) electrons.